The van der Waals surface area contributed by atoms with Gasteiger partial charge in [0.15, 0.2) is 0 Å². The summed E-state index contributed by atoms with van der Waals surface area (Å²) in [5.41, 5.74) is -0.00121. The van der Waals surface area contributed by atoms with Crippen molar-refractivity contribution in [1.82, 2.24) is 5.32 Å². The fourth-order valence-corrected chi connectivity index (χ4v) is 4.93. The normalized spacial score (nSPS) is 14.2. The standard InChI is InChI=1S/C33H22F6N2O5S/c34-32(35,36)23-9-4-19(5-10-23)18-46-27-16-26(13-8-21(27)15-28-30(43)41-31(44)47-28)45-17-20-6-11-25(12-7-20)40-29(42)22-2-1-3-24(14-22)33(37,38)39/h1-16H,17-18H2,(H,40,42)(H,41,43,44)/b28-15-. The van der Waals surface area contributed by atoms with Crippen molar-refractivity contribution in [3.05, 3.63) is 129 Å². The number of thioether (sulfide) groups is 1. The maximum atomic E-state index is 13.0. The number of amides is 3. The van der Waals surface area contributed by atoms with E-state index in [4.69, 9.17) is 9.47 Å². The molecule has 0 atom stereocenters. The average molecular weight is 673 g/mol. The molecule has 5 rings (SSSR count). The summed E-state index contributed by atoms with van der Waals surface area (Å²) in [6, 6.07) is 19.6. The smallest absolute Gasteiger partial charge is 0.416 e. The Hall–Kier alpha value is -5.24. The highest BCUT2D eigenvalue weighted by Gasteiger charge is 2.31. The maximum Gasteiger partial charge on any atom is 0.416 e. The predicted octanol–water partition coefficient (Wildman–Crippen LogP) is 8.46. The Morgan fingerprint density at radius 2 is 1.40 bits per heavy atom. The van der Waals surface area contributed by atoms with Gasteiger partial charge in [0.2, 0.25) is 0 Å². The van der Waals surface area contributed by atoms with Crippen LogP contribution in [0.4, 0.5) is 36.8 Å². The van der Waals surface area contributed by atoms with Crippen LogP contribution in [-0.4, -0.2) is 17.1 Å². The average Bonchev–Trinajstić information content (AvgIpc) is 3.35. The zero-order valence-electron chi connectivity index (χ0n) is 23.9. The molecule has 1 saturated heterocycles. The minimum Gasteiger partial charge on any atom is -0.489 e. The monoisotopic (exact) mass is 672 g/mol. The first-order valence-electron chi connectivity index (χ1n) is 13.6. The van der Waals surface area contributed by atoms with Gasteiger partial charge in [-0.05, 0) is 83.6 Å². The van der Waals surface area contributed by atoms with Gasteiger partial charge in [0.05, 0.1) is 16.0 Å². The molecule has 47 heavy (non-hydrogen) atoms. The third-order valence-corrected chi connectivity index (χ3v) is 7.47. The van der Waals surface area contributed by atoms with Crippen LogP contribution in [0.15, 0.2) is 95.9 Å². The van der Waals surface area contributed by atoms with Crippen LogP contribution < -0.4 is 20.1 Å². The van der Waals surface area contributed by atoms with E-state index in [0.29, 0.717) is 39.9 Å². The lowest BCUT2D eigenvalue weighted by Crippen LogP contribution is -2.17. The number of anilines is 1. The van der Waals surface area contributed by atoms with E-state index in [0.717, 1.165) is 30.3 Å². The van der Waals surface area contributed by atoms with Crippen LogP contribution in [0, 0.1) is 0 Å². The zero-order valence-corrected chi connectivity index (χ0v) is 24.7. The number of nitrogens with one attached hydrogen (secondary N) is 2. The topological polar surface area (TPSA) is 93.7 Å². The molecule has 3 amide bonds. The Morgan fingerprint density at radius 1 is 0.766 bits per heavy atom. The molecule has 2 N–H and O–H groups in total. The molecule has 0 saturated carbocycles. The van der Waals surface area contributed by atoms with Gasteiger partial charge in [-0.15, -0.1) is 0 Å². The van der Waals surface area contributed by atoms with Gasteiger partial charge in [-0.25, -0.2) is 0 Å². The van der Waals surface area contributed by atoms with E-state index in [1.54, 1.807) is 36.4 Å². The van der Waals surface area contributed by atoms with E-state index >= 15 is 0 Å². The molecule has 4 aromatic carbocycles. The Kier molecular flexibility index (Phi) is 9.61. The highest BCUT2D eigenvalue weighted by molar-refractivity contribution is 8.18. The van der Waals surface area contributed by atoms with Crippen LogP contribution in [0.3, 0.4) is 0 Å². The molecule has 1 aliphatic heterocycles. The first kappa shape index (κ1) is 33.1. The van der Waals surface area contributed by atoms with Crippen LogP contribution in [0.25, 0.3) is 6.08 Å². The molecule has 0 aromatic heterocycles. The summed E-state index contributed by atoms with van der Waals surface area (Å²) >= 11 is 0.709. The second kappa shape index (κ2) is 13.6. The van der Waals surface area contributed by atoms with Crippen LogP contribution in [0.2, 0.25) is 0 Å². The van der Waals surface area contributed by atoms with Crippen LogP contribution in [-0.2, 0) is 30.4 Å². The van der Waals surface area contributed by atoms with Gasteiger partial charge < -0.3 is 14.8 Å². The number of carbonyl (C=O) groups is 3. The van der Waals surface area contributed by atoms with Crippen molar-refractivity contribution in [3.63, 3.8) is 0 Å². The molecule has 14 heteroatoms. The first-order valence-corrected chi connectivity index (χ1v) is 14.4. The van der Waals surface area contributed by atoms with Gasteiger partial charge in [-0.3, -0.25) is 19.7 Å². The minimum absolute atomic E-state index is 0.0629. The van der Waals surface area contributed by atoms with Crippen molar-refractivity contribution in [1.29, 1.82) is 0 Å². The lowest BCUT2D eigenvalue weighted by molar-refractivity contribution is -0.138. The third kappa shape index (κ3) is 8.73. The lowest BCUT2D eigenvalue weighted by atomic mass is 10.1. The van der Waals surface area contributed by atoms with Crippen molar-refractivity contribution in [2.45, 2.75) is 25.6 Å². The number of hydrogen-bond acceptors (Lipinski definition) is 6. The summed E-state index contributed by atoms with van der Waals surface area (Å²) < 4.78 is 89.6. The van der Waals surface area contributed by atoms with Crippen molar-refractivity contribution in [3.8, 4) is 11.5 Å². The van der Waals surface area contributed by atoms with Gasteiger partial charge in [0.25, 0.3) is 17.1 Å². The lowest BCUT2D eigenvalue weighted by Gasteiger charge is -2.14. The number of carbonyl (C=O) groups excluding carboxylic acids is 3. The van der Waals surface area contributed by atoms with E-state index < -0.39 is 40.5 Å². The maximum absolute atomic E-state index is 13.0. The molecule has 0 bridgehead atoms. The highest BCUT2D eigenvalue weighted by Crippen LogP contribution is 2.34. The molecule has 0 unspecified atom stereocenters. The van der Waals surface area contributed by atoms with Crippen LogP contribution in [0.5, 0.6) is 11.5 Å². The largest absolute Gasteiger partial charge is 0.489 e. The molecule has 242 valence electrons. The highest BCUT2D eigenvalue weighted by atomic mass is 32.2. The molecular formula is C33H22F6N2O5S. The van der Waals surface area contributed by atoms with Gasteiger partial charge in [-0.2, -0.15) is 26.3 Å². The molecular weight excluding hydrogens is 650 g/mol. The van der Waals surface area contributed by atoms with Gasteiger partial charge in [0, 0.05) is 22.9 Å². The predicted molar refractivity (Wildman–Crippen MR) is 161 cm³/mol. The second-order valence-corrected chi connectivity index (χ2v) is 11.1. The quantitative estimate of drug-likeness (QED) is 0.137. The summed E-state index contributed by atoms with van der Waals surface area (Å²) in [6.45, 7) is -0.0445. The van der Waals surface area contributed by atoms with E-state index in [1.807, 2.05) is 0 Å². The SMILES string of the molecule is O=C1NC(=O)/C(=C/c2ccc(OCc3ccc(NC(=O)c4cccc(C(F)(F)F)c4)cc3)cc2OCc2ccc(C(F)(F)F)cc2)S1. The number of benzene rings is 4. The Bertz CT molecular complexity index is 1840. The Balaban J connectivity index is 1.26. The molecule has 1 aliphatic rings. The van der Waals surface area contributed by atoms with Gasteiger partial charge in [0.1, 0.15) is 24.7 Å². The van der Waals surface area contributed by atoms with Crippen LogP contribution >= 0.6 is 11.8 Å². The van der Waals surface area contributed by atoms with Gasteiger partial charge >= 0.3 is 12.4 Å². The first-order chi connectivity index (χ1) is 22.2. The number of imide groups is 1. The molecule has 7 nitrogen and oxygen atoms in total. The van der Waals surface area contributed by atoms with Crippen LogP contribution in [0.1, 0.15) is 38.2 Å². The Labute approximate surface area is 267 Å². The summed E-state index contributed by atoms with van der Waals surface area (Å²) in [4.78, 5) is 36.3. The molecule has 0 aliphatic carbocycles. The van der Waals surface area contributed by atoms with E-state index in [1.165, 1.54) is 30.3 Å². The molecule has 1 fully saturated rings. The van der Waals surface area contributed by atoms with Crippen molar-refractivity contribution in [2.24, 2.45) is 0 Å². The third-order valence-electron chi connectivity index (χ3n) is 6.66. The van der Waals surface area contributed by atoms with E-state index in [-0.39, 0.29) is 29.4 Å². The zero-order chi connectivity index (χ0) is 33.8. The minimum atomic E-state index is -4.58. The fourth-order valence-electron chi connectivity index (χ4n) is 4.25. The van der Waals surface area contributed by atoms with Gasteiger partial charge in [-0.1, -0.05) is 30.3 Å². The number of ether oxygens (including phenoxy) is 2. The van der Waals surface area contributed by atoms with E-state index in [9.17, 15) is 40.7 Å². The van der Waals surface area contributed by atoms with Crippen molar-refractivity contribution in [2.75, 3.05) is 5.32 Å². The summed E-state index contributed by atoms with van der Waals surface area (Å²) in [5.74, 6) is -0.716. The second-order valence-electron chi connectivity index (χ2n) is 10.1. The Morgan fingerprint density at radius 3 is 2.02 bits per heavy atom. The number of alkyl halides is 6. The molecule has 1 heterocycles. The summed E-state index contributed by atoms with van der Waals surface area (Å²) in [6.07, 6.45) is -7.62. The summed E-state index contributed by atoms with van der Waals surface area (Å²) in [7, 11) is 0. The molecule has 0 radical (unpaired) electrons. The number of halogens is 6. The molecule has 4 aromatic rings. The summed E-state index contributed by atoms with van der Waals surface area (Å²) in [5, 5.41) is 4.17. The number of rotatable bonds is 9. The van der Waals surface area contributed by atoms with E-state index in [2.05, 4.69) is 10.6 Å². The fraction of sp³-hybridized carbons (Fsp3) is 0.121. The van der Waals surface area contributed by atoms with Crippen molar-refractivity contribution >= 4 is 40.6 Å². The number of hydrogen-bond donors (Lipinski definition) is 2. The van der Waals surface area contributed by atoms with Crippen molar-refractivity contribution < 1.29 is 50.2 Å². The molecule has 0 spiro atoms.